The number of rotatable bonds is 4. The third kappa shape index (κ3) is 3.99. The lowest BCUT2D eigenvalue weighted by Gasteiger charge is -2.33. The SMILES string of the molecule is CC1CCCN(c2ccc(NC(=O)c3ccccc3Cl)cc2C(=O)O)C1. The van der Waals surface area contributed by atoms with Gasteiger partial charge < -0.3 is 15.3 Å². The number of carbonyl (C=O) groups excluding carboxylic acids is 1. The fraction of sp³-hybridized carbons (Fsp3) is 0.300. The van der Waals surface area contributed by atoms with Gasteiger partial charge in [0.25, 0.3) is 5.91 Å². The van der Waals surface area contributed by atoms with Gasteiger partial charge >= 0.3 is 5.97 Å². The summed E-state index contributed by atoms with van der Waals surface area (Å²) in [5, 5.41) is 12.7. The minimum Gasteiger partial charge on any atom is -0.478 e. The van der Waals surface area contributed by atoms with E-state index in [9.17, 15) is 14.7 Å². The van der Waals surface area contributed by atoms with E-state index in [0.717, 1.165) is 25.9 Å². The molecular weight excluding hydrogens is 352 g/mol. The van der Waals surface area contributed by atoms with E-state index in [4.69, 9.17) is 11.6 Å². The summed E-state index contributed by atoms with van der Waals surface area (Å²) in [6.07, 6.45) is 2.20. The van der Waals surface area contributed by atoms with Crippen LogP contribution >= 0.6 is 11.6 Å². The molecule has 1 amide bonds. The fourth-order valence-corrected chi connectivity index (χ4v) is 3.53. The van der Waals surface area contributed by atoms with Crippen LogP contribution < -0.4 is 10.2 Å². The number of nitrogens with one attached hydrogen (secondary N) is 1. The van der Waals surface area contributed by atoms with Crippen molar-refractivity contribution in [3.63, 3.8) is 0 Å². The Balaban J connectivity index is 1.86. The van der Waals surface area contributed by atoms with Gasteiger partial charge in [-0.05, 0) is 49.1 Å². The van der Waals surface area contributed by atoms with Crippen molar-refractivity contribution in [2.45, 2.75) is 19.8 Å². The number of halogens is 1. The average molecular weight is 373 g/mol. The Bertz CT molecular complexity index is 838. The van der Waals surface area contributed by atoms with Crippen molar-refractivity contribution in [3.8, 4) is 0 Å². The normalized spacial score (nSPS) is 17.0. The smallest absolute Gasteiger partial charge is 0.337 e. The maximum atomic E-state index is 12.4. The highest BCUT2D eigenvalue weighted by atomic mass is 35.5. The molecule has 1 heterocycles. The lowest BCUT2D eigenvalue weighted by atomic mass is 9.98. The van der Waals surface area contributed by atoms with E-state index < -0.39 is 5.97 Å². The first kappa shape index (κ1) is 18.3. The molecule has 1 fully saturated rings. The molecule has 2 aromatic rings. The van der Waals surface area contributed by atoms with Crippen LogP contribution in [0, 0.1) is 5.92 Å². The van der Waals surface area contributed by atoms with Crippen LogP contribution in [0.25, 0.3) is 0 Å². The summed E-state index contributed by atoms with van der Waals surface area (Å²) in [7, 11) is 0. The Labute approximate surface area is 157 Å². The van der Waals surface area contributed by atoms with Crippen LogP contribution in [0.15, 0.2) is 42.5 Å². The second-order valence-corrected chi connectivity index (χ2v) is 7.07. The van der Waals surface area contributed by atoms with Crippen LogP contribution in [0.2, 0.25) is 5.02 Å². The van der Waals surface area contributed by atoms with Gasteiger partial charge in [0, 0.05) is 18.8 Å². The molecule has 2 N–H and O–H groups in total. The maximum absolute atomic E-state index is 12.4. The van der Waals surface area contributed by atoms with Crippen LogP contribution in [0.3, 0.4) is 0 Å². The Morgan fingerprint density at radius 3 is 2.65 bits per heavy atom. The molecule has 0 bridgehead atoms. The molecule has 5 nitrogen and oxygen atoms in total. The second-order valence-electron chi connectivity index (χ2n) is 6.66. The van der Waals surface area contributed by atoms with E-state index in [1.54, 1.807) is 36.4 Å². The molecule has 3 rings (SSSR count). The molecular formula is C20H21ClN2O3. The van der Waals surface area contributed by atoms with Crippen molar-refractivity contribution in [1.29, 1.82) is 0 Å². The van der Waals surface area contributed by atoms with Crippen LogP contribution in [0.1, 0.15) is 40.5 Å². The number of nitrogens with zero attached hydrogens (tertiary/aromatic N) is 1. The minimum atomic E-state index is -1.01. The number of carbonyl (C=O) groups is 2. The van der Waals surface area contributed by atoms with Crippen LogP contribution in [-0.2, 0) is 0 Å². The van der Waals surface area contributed by atoms with Gasteiger partial charge in [-0.1, -0.05) is 30.7 Å². The highest BCUT2D eigenvalue weighted by molar-refractivity contribution is 6.34. The molecule has 6 heteroatoms. The van der Waals surface area contributed by atoms with Crippen molar-refractivity contribution in [2.24, 2.45) is 5.92 Å². The molecule has 0 aromatic heterocycles. The minimum absolute atomic E-state index is 0.191. The van der Waals surface area contributed by atoms with Crippen LogP contribution in [0.4, 0.5) is 11.4 Å². The summed E-state index contributed by atoms with van der Waals surface area (Å²) in [5.74, 6) is -0.844. The first-order chi connectivity index (χ1) is 12.5. The first-order valence-corrected chi connectivity index (χ1v) is 9.01. The van der Waals surface area contributed by atoms with Gasteiger partial charge in [-0.3, -0.25) is 4.79 Å². The third-order valence-corrected chi connectivity index (χ3v) is 4.93. The van der Waals surface area contributed by atoms with Crippen LogP contribution in [0.5, 0.6) is 0 Å². The summed E-state index contributed by atoms with van der Waals surface area (Å²) in [6, 6.07) is 11.7. The lowest BCUT2D eigenvalue weighted by Crippen LogP contribution is -2.35. The van der Waals surface area contributed by atoms with Crippen molar-refractivity contribution in [3.05, 3.63) is 58.6 Å². The number of benzene rings is 2. The molecule has 0 spiro atoms. The zero-order valence-corrected chi connectivity index (χ0v) is 15.3. The Morgan fingerprint density at radius 1 is 1.19 bits per heavy atom. The number of carboxylic acids is 1. The summed E-state index contributed by atoms with van der Waals surface area (Å²) >= 11 is 6.05. The van der Waals surface area contributed by atoms with E-state index in [0.29, 0.717) is 27.9 Å². The van der Waals surface area contributed by atoms with Crippen molar-refractivity contribution in [2.75, 3.05) is 23.3 Å². The van der Waals surface area contributed by atoms with Crippen molar-refractivity contribution >= 4 is 34.9 Å². The quantitative estimate of drug-likeness (QED) is 0.827. The van der Waals surface area contributed by atoms with Gasteiger partial charge in [-0.15, -0.1) is 0 Å². The monoisotopic (exact) mass is 372 g/mol. The number of carboxylic acid groups (broad SMARTS) is 1. The van der Waals surface area contributed by atoms with Crippen molar-refractivity contribution < 1.29 is 14.7 Å². The van der Waals surface area contributed by atoms with Crippen LogP contribution in [-0.4, -0.2) is 30.1 Å². The number of hydrogen-bond acceptors (Lipinski definition) is 3. The summed E-state index contributed by atoms with van der Waals surface area (Å²) in [4.78, 5) is 26.2. The highest BCUT2D eigenvalue weighted by Gasteiger charge is 2.22. The standard InChI is InChI=1S/C20H21ClN2O3/c1-13-5-4-10-23(12-13)18-9-8-14(11-16(18)20(25)26)22-19(24)15-6-2-3-7-17(15)21/h2-3,6-9,11,13H,4-5,10,12H2,1H3,(H,22,24)(H,25,26). The van der Waals surface area contributed by atoms with E-state index >= 15 is 0 Å². The maximum Gasteiger partial charge on any atom is 0.337 e. The van der Waals surface area contributed by atoms with Gasteiger partial charge in [-0.25, -0.2) is 4.79 Å². The summed E-state index contributed by atoms with van der Waals surface area (Å²) in [6.45, 7) is 3.85. The molecule has 2 aromatic carbocycles. The average Bonchev–Trinajstić information content (AvgIpc) is 2.62. The molecule has 0 aliphatic carbocycles. The molecule has 1 aliphatic rings. The van der Waals surface area contributed by atoms with E-state index in [-0.39, 0.29) is 11.5 Å². The topological polar surface area (TPSA) is 69.6 Å². The Hall–Kier alpha value is -2.53. The van der Waals surface area contributed by atoms with E-state index in [1.807, 2.05) is 0 Å². The number of aromatic carboxylic acids is 1. The molecule has 0 radical (unpaired) electrons. The predicted molar refractivity (Wildman–Crippen MR) is 103 cm³/mol. The molecule has 1 unspecified atom stereocenters. The zero-order valence-electron chi connectivity index (χ0n) is 14.5. The predicted octanol–water partition coefficient (Wildman–Crippen LogP) is 4.53. The van der Waals surface area contributed by atoms with Gasteiger partial charge in [-0.2, -0.15) is 0 Å². The summed E-state index contributed by atoms with van der Waals surface area (Å²) < 4.78 is 0. The van der Waals surface area contributed by atoms with Gasteiger partial charge in [0.05, 0.1) is 21.8 Å². The molecule has 1 atom stereocenters. The second kappa shape index (κ2) is 7.79. The molecule has 136 valence electrons. The number of piperidine rings is 1. The Kier molecular flexibility index (Phi) is 5.47. The molecule has 1 aliphatic heterocycles. The van der Waals surface area contributed by atoms with Crippen molar-refractivity contribution in [1.82, 2.24) is 0 Å². The number of amides is 1. The number of hydrogen-bond donors (Lipinski definition) is 2. The largest absolute Gasteiger partial charge is 0.478 e. The van der Waals surface area contributed by atoms with Gasteiger partial charge in [0.2, 0.25) is 0 Å². The summed E-state index contributed by atoms with van der Waals surface area (Å²) in [5.41, 5.74) is 1.66. The third-order valence-electron chi connectivity index (χ3n) is 4.60. The van der Waals surface area contributed by atoms with Gasteiger partial charge in [0.1, 0.15) is 0 Å². The van der Waals surface area contributed by atoms with E-state index in [2.05, 4.69) is 17.1 Å². The first-order valence-electron chi connectivity index (χ1n) is 8.64. The highest BCUT2D eigenvalue weighted by Crippen LogP contribution is 2.29. The lowest BCUT2D eigenvalue weighted by molar-refractivity contribution is 0.0697. The Morgan fingerprint density at radius 2 is 1.96 bits per heavy atom. The zero-order chi connectivity index (χ0) is 18.7. The van der Waals surface area contributed by atoms with E-state index in [1.165, 1.54) is 6.07 Å². The molecule has 0 saturated carbocycles. The van der Waals surface area contributed by atoms with Gasteiger partial charge in [0.15, 0.2) is 0 Å². The molecule has 1 saturated heterocycles. The molecule has 26 heavy (non-hydrogen) atoms. The number of anilines is 2. The fourth-order valence-electron chi connectivity index (χ4n) is 3.31.